The predicted molar refractivity (Wildman–Crippen MR) is 66.5 cm³/mol. The van der Waals surface area contributed by atoms with Gasteiger partial charge in [-0.2, -0.15) is 9.78 Å². The number of nitro groups is 1. The fraction of sp³-hybridized carbons (Fsp3) is 0. The van der Waals surface area contributed by atoms with Crippen molar-refractivity contribution >= 4 is 28.9 Å². The molecule has 0 aliphatic rings. The molecule has 0 saturated heterocycles. The van der Waals surface area contributed by atoms with Crippen molar-refractivity contribution in [2.45, 2.75) is 0 Å². The highest BCUT2D eigenvalue weighted by atomic mass is 35.5. The molecule has 6 nitrogen and oxygen atoms in total. The zero-order chi connectivity index (χ0) is 13.3. The summed E-state index contributed by atoms with van der Waals surface area (Å²) in [4.78, 5) is 22.0. The minimum absolute atomic E-state index is 0.0110. The second-order valence-electron chi connectivity index (χ2n) is 3.28. The first-order valence-corrected chi connectivity index (χ1v) is 5.45. The fourth-order valence-corrected chi connectivity index (χ4v) is 1.82. The normalized spacial score (nSPS) is 10.3. The Morgan fingerprint density at radius 1 is 1.28 bits per heavy atom. The molecule has 1 aromatic heterocycles. The summed E-state index contributed by atoms with van der Waals surface area (Å²) in [5.74, 6) is 0. The van der Waals surface area contributed by atoms with E-state index in [0.29, 0.717) is 0 Å². The summed E-state index contributed by atoms with van der Waals surface area (Å²) in [5, 5.41) is 14.4. The van der Waals surface area contributed by atoms with E-state index in [-0.39, 0.29) is 21.6 Å². The molecule has 0 N–H and O–H groups in total. The van der Waals surface area contributed by atoms with Crippen LogP contribution >= 0.6 is 23.2 Å². The van der Waals surface area contributed by atoms with Crippen LogP contribution in [0.25, 0.3) is 5.69 Å². The van der Waals surface area contributed by atoms with Crippen LogP contribution in [-0.4, -0.2) is 14.7 Å². The lowest BCUT2D eigenvalue weighted by molar-refractivity contribution is -0.384. The van der Waals surface area contributed by atoms with Crippen LogP contribution in [-0.2, 0) is 0 Å². The lowest BCUT2D eigenvalue weighted by Crippen LogP contribution is -2.22. The molecular formula is C10H5Cl2N3O3. The first kappa shape index (κ1) is 12.5. The maximum absolute atomic E-state index is 11.8. The largest absolute Gasteiger partial charge is 0.295 e. The summed E-state index contributed by atoms with van der Waals surface area (Å²) in [6.45, 7) is 0. The van der Waals surface area contributed by atoms with E-state index in [1.54, 1.807) is 6.07 Å². The fourth-order valence-electron chi connectivity index (χ4n) is 1.40. The molecule has 0 unspecified atom stereocenters. The van der Waals surface area contributed by atoms with Gasteiger partial charge in [0.25, 0.3) is 11.2 Å². The molecule has 0 aliphatic heterocycles. The van der Waals surface area contributed by atoms with Crippen molar-refractivity contribution in [3.8, 4) is 5.69 Å². The van der Waals surface area contributed by atoms with Gasteiger partial charge in [0.2, 0.25) is 0 Å². The van der Waals surface area contributed by atoms with Gasteiger partial charge < -0.3 is 0 Å². The van der Waals surface area contributed by atoms with E-state index < -0.39 is 10.5 Å². The van der Waals surface area contributed by atoms with Crippen LogP contribution in [0.2, 0.25) is 10.2 Å². The molecule has 0 amide bonds. The Balaban J connectivity index is 2.78. The van der Waals surface area contributed by atoms with Gasteiger partial charge in [0.15, 0.2) is 5.15 Å². The molecule has 0 aliphatic carbocycles. The van der Waals surface area contributed by atoms with E-state index in [0.717, 1.165) is 4.68 Å². The van der Waals surface area contributed by atoms with Gasteiger partial charge in [-0.1, -0.05) is 35.3 Å². The van der Waals surface area contributed by atoms with Crippen molar-refractivity contribution in [3.05, 3.63) is 61.0 Å². The number of hydrogen-bond acceptors (Lipinski definition) is 4. The minimum Gasteiger partial charge on any atom is -0.266 e. The van der Waals surface area contributed by atoms with E-state index in [9.17, 15) is 14.9 Å². The Morgan fingerprint density at radius 2 is 1.94 bits per heavy atom. The van der Waals surface area contributed by atoms with Gasteiger partial charge in [0.1, 0.15) is 10.7 Å². The van der Waals surface area contributed by atoms with Crippen molar-refractivity contribution in [3.63, 3.8) is 0 Å². The Bertz CT molecular complexity index is 684. The molecule has 1 aromatic carbocycles. The molecule has 1 heterocycles. The van der Waals surface area contributed by atoms with Crippen LogP contribution in [0.15, 0.2) is 35.1 Å². The van der Waals surface area contributed by atoms with Crippen LogP contribution in [0, 0.1) is 10.1 Å². The molecule has 0 spiro atoms. The van der Waals surface area contributed by atoms with Gasteiger partial charge in [-0.3, -0.25) is 14.9 Å². The average molecular weight is 286 g/mol. The number of nitrogens with zero attached hydrogens (tertiary/aromatic N) is 3. The van der Waals surface area contributed by atoms with Crippen molar-refractivity contribution in [2.75, 3.05) is 0 Å². The first-order chi connectivity index (χ1) is 8.50. The zero-order valence-electron chi connectivity index (χ0n) is 8.71. The highest BCUT2D eigenvalue weighted by molar-refractivity contribution is 6.33. The van der Waals surface area contributed by atoms with Crippen LogP contribution < -0.4 is 5.56 Å². The van der Waals surface area contributed by atoms with Crippen LogP contribution in [0.1, 0.15) is 0 Å². The van der Waals surface area contributed by atoms with Gasteiger partial charge in [0, 0.05) is 12.1 Å². The lowest BCUT2D eigenvalue weighted by atomic mass is 10.2. The Hall–Kier alpha value is -1.92. The Kier molecular flexibility index (Phi) is 3.31. The summed E-state index contributed by atoms with van der Waals surface area (Å²) in [6.07, 6.45) is 0. The lowest BCUT2D eigenvalue weighted by Gasteiger charge is -2.05. The summed E-state index contributed by atoms with van der Waals surface area (Å²) in [7, 11) is 0. The quantitative estimate of drug-likeness (QED) is 0.627. The summed E-state index contributed by atoms with van der Waals surface area (Å²) in [5.41, 5.74) is -0.919. The zero-order valence-corrected chi connectivity index (χ0v) is 10.2. The van der Waals surface area contributed by atoms with E-state index in [2.05, 4.69) is 5.10 Å². The molecule has 8 heteroatoms. The number of halogens is 2. The first-order valence-electron chi connectivity index (χ1n) is 4.70. The second-order valence-corrected chi connectivity index (χ2v) is 4.07. The van der Waals surface area contributed by atoms with Crippen LogP contribution in [0.3, 0.4) is 0 Å². The SMILES string of the molecule is O=c1c(Cl)cc(Cl)nn1-c1ccccc1[N+](=O)[O-]. The molecule has 2 aromatic rings. The molecule has 0 bridgehead atoms. The van der Waals surface area contributed by atoms with Gasteiger partial charge in [-0.05, 0) is 6.07 Å². The summed E-state index contributed by atoms with van der Waals surface area (Å²) in [6, 6.07) is 6.86. The van der Waals surface area contributed by atoms with E-state index in [1.165, 1.54) is 24.3 Å². The third kappa shape index (κ3) is 2.20. The molecule has 0 atom stereocenters. The Morgan fingerprint density at radius 3 is 2.61 bits per heavy atom. The summed E-state index contributed by atoms with van der Waals surface area (Å²) >= 11 is 11.4. The van der Waals surface area contributed by atoms with Gasteiger partial charge in [0.05, 0.1) is 4.92 Å². The van der Waals surface area contributed by atoms with Crippen molar-refractivity contribution in [1.82, 2.24) is 9.78 Å². The third-order valence-corrected chi connectivity index (χ3v) is 2.60. The highest BCUT2D eigenvalue weighted by Gasteiger charge is 2.17. The van der Waals surface area contributed by atoms with Crippen molar-refractivity contribution in [2.24, 2.45) is 0 Å². The predicted octanol–water partition coefficient (Wildman–Crippen LogP) is 2.45. The topological polar surface area (TPSA) is 78.0 Å². The number of nitro benzene ring substituents is 1. The standard InChI is InChI=1S/C10H5Cl2N3O3/c11-6-5-9(12)13-14(10(6)16)7-3-1-2-4-8(7)15(17)18/h1-5H. The second kappa shape index (κ2) is 4.75. The van der Waals surface area contributed by atoms with E-state index in [4.69, 9.17) is 23.2 Å². The van der Waals surface area contributed by atoms with Crippen molar-refractivity contribution in [1.29, 1.82) is 0 Å². The van der Waals surface area contributed by atoms with E-state index in [1.807, 2.05) is 0 Å². The maximum Gasteiger partial charge on any atom is 0.295 e. The smallest absolute Gasteiger partial charge is 0.266 e. The number of hydrogen-bond donors (Lipinski definition) is 0. The molecule has 0 radical (unpaired) electrons. The third-order valence-electron chi connectivity index (χ3n) is 2.14. The molecular weight excluding hydrogens is 281 g/mol. The molecule has 0 saturated carbocycles. The molecule has 2 rings (SSSR count). The highest BCUT2D eigenvalue weighted by Crippen LogP contribution is 2.21. The van der Waals surface area contributed by atoms with Gasteiger partial charge in [-0.25, -0.2) is 0 Å². The van der Waals surface area contributed by atoms with Crippen LogP contribution in [0.4, 0.5) is 5.69 Å². The Labute approximate surface area is 111 Å². The maximum atomic E-state index is 11.8. The van der Waals surface area contributed by atoms with Gasteiger partial charge in [-0.15, -0.1) is 0 Å². The average Bonchev–Trinajstić information content (AvgIpc) is 2.33. The monoisotopic (exact) mass is 285 g/mol. The minimum atomic E-state index is -0.671. The number of para-hydroxylation sites is 2. The number of rotatable bonds is 2. The van der Waals surface area contributed by atoms with E-state index >= 15 is 0 Å². The number of benzene rings is 1. The molecule has 0 fully saturated rings. The molecule has 18 heavy (non-hydrogen) atoms. The van der Waals surface area contributed by atoms with Crippen LogP contribution in [0.5, 0.6) is 0 Å². The van der Waals surface area contributed by atoms with Gasteiger partial charge >= 0.3 is 0 Å². The molecule has 92 valence electrons. The number of aromatic nitrogens is 2. The summed E-state index contributed by atoms with van der Waals surface area (Å²) < 4.78 is 0.808. The van der Waals surface area contributed by atoms with Crippen molar-refractivity contribution < 1.29 is 4.92 Å².